The number of phenols is 1. The van der Waals surface area contributed by atoms with Crippen LogP contribution >= 0.6 is 0 Å². The van der Waals surface area contributed by atoms with Gasteiger partial charge in [-0.15, -0.1) is 0 Å². The highest BCUT2D eigenvalue weighted by atomic mass is 16.5. The number of methoxy groups -OCH3 is 1. The van der Waals surface area contributed by atoms with Crippen LogP contribution in [-0.4, -0.2) is 64.0 Å². The van der Waals surface area contributed by atoms with Gasteiger partial charge in [-0.2, -0.15) is 5.10 Å². The second-order valence-corrected chi connectivity index (χ2v) is 10.9. The van der Waals surface area contributed by atoms with E-state index in [1.54, 1.807) is 12.1 Å². The smallest absolute Gasteiger partial charge is 0.306 e. The average molecular weight is 518 g/mol. The molecule has 4 heterocycles. The minimum atomic E-state index is -0.242. The number of rotatable bonds is 9. The maximum absolute atomic E-state index is 12.4. The number of esters is 1. The Morgan fingerprint density at radius 1 is 1.24 bits per heavy atom. The molecule has 5 rings (SSSR count). The molecule has 2 unspecified atom stereocenters. The zero-order chi connectivity index (χ0) is 26.6. The van der Waals surface area contributed by atoms with E-state index in [1.807, 2.05) is 30.7 Å². The van der Waals surface area contributed by atoms with Crippen molar-refractivity contribution in [2.24, 2.45) is 5.92 Å². The Hall–Kier alpha value is -3.39. The Kier molecular flexibility index (Phi) is 7.98. The maximum Gasteiger partial charge on any atom is 0.306 e. The molecule has 202 valence electrons. The number of aromatic hydroxyl groups is 1. The molecule has 2 atom stereocenters. The number of carbonyl (C=O) groups is 1. The number of aryl methyl sites for hydroxylation is 4. The first kappa shape index (κ1) is 26.2. The summed E-state index contributed by atoms with van der Waals surface area (Å²) in [6, 6.07) is 12.0. The lowest BCUT2D eigenvalue weighted by atomic mass is 9.94. The fourth-order valence-corrected chi connectivity index (χ4v) is 5.92. The first-order chi connectivity index (χ1) is 18.4. The highest BCUT2D eigenvalue weighted by Gasteiger charge is 2.27. The van der Waals surface area contributed by atoms with Gasteiger partial charge in [-0.1, -0.05) is 6.07 Å². The van der Waals surface area contributed by atoms with Crippen LogP contribution in [0.15, 0.2) is 36.4 Å². The van der Waals surface area contributed by atoms with E-state index in [0.29, 0.717) is 5.92 Å². The number of pyridine rings is 1. The predicted octanol–water partition coefficient (Wildman–Crippen LogP) is 4.55. The van der Waals surface area contributed by atoms with Crippen LogP contribution in [0.25, 0.3) is 5.69 Å². The molecule has 8 nitrogen and oxygen atoms in total. The van der Waals surface area contributed by atoms with E-state index >= 15 is 0 Å². The highest BCUT2D eigenvalue weighted by Crippen LogP contribution is 2.31. The second kappa shape index (κ2) is 11.6. The summed E-state index contributed by atoms with van der Waals surface area (Å²) < 4.78 is 6.87. The lowest BCUT2D eigenvalue weighted by Crippen LogP contribution is -2.28. The summed E-state index contributed by atoms with van der Waals surface area (Å²) in [6.07, 6.45) is 5.79. The van der Waals surface area contributed by atoms with Gasteiger partial charge in [-0.05, 0) is 93.8 Å². The molecule has 2 aliphatic rings. The van der Waals surface area contributed by atoms with Crippen molar-refractivity contribution in [3.8, 4) is 11.4 Å². The number of nitrogens with zero attached hydrogens (tertiary/aromatic N) is 4. The zero-order valence-electron chi connectivity index (χ0n) is 22.7. The Morgan fingerprint density at radius 2 is 2.11 bits per heavy atom. The summed E-state index contributed by atoms with van der Waals surface area (Å²) in [7, 11) is 1.43. The van der Waals surface area contributed by atoms with Gasteiger partial charge in [0.15, 0.2) is 0 Å². The van der Waals surface area contributed by atoms with Gasteiger partial charge in [0.05, 0.1) is 24.9 Å². The van der Waals surface area contributed by atoms with Gasteiger partial charge in [-0.3, -0.25) is 4.79 Å². The molecule has 0 radical (unpaired) electrons. The molecule has 2 aliphatic heterocycles. The lowest BCUT2D eigenvalue weighted by molar-refractivity contribution is -0.141. The summed E-state index contributed by atoms with van der Waals surface area (Å²) in [5.41, 5.74) is 6.13. The Morgan fingerprint density at radius 3 is 2.89 bits per heavy atom. The normalized spacial score (nSPS) is 18.1. The molecule has 3 aromatic rings. The van der Waals surface area contributed by atoms with Gasteiger partial charge in [0.2, 0.25) is 0 Å². The molecule has 38 heavy (non-hydrogen) atoms. The lowest BCUT2D eigenvalue weighted by Gasteiger charge is -2.24. The highest BCUT2D eigenvalue weighted by molar-refractivity contribution is 5.70. The minimum Gasteiger partial charge on any atom is -0.508 e. The summed E-state index contributed by atoms with van der Waals surface area (Å²) in [5, 5.41) is 18.6. The van der Waals surface area contributed by atoms with Crippen LogP contribution in [0.2, 0.25) is 0 Å². The second-order valence-electron chi connectivity index (χ2n) is 10.9. The largest absolute Gasteiger partial charge is 0.508 e. The van der Waals surface area contributed by atoms with Gasteiger partial charge in [0, 0.05) is 43.0 Å². The average Bonchev–Trinajstić information content (AvgIpc) is 3.51. The number of aromatic nitrogens is 3. The van der Waals surface area contributed by atoms with Crippen LogP contribution in [0.5, 0.6) is 5.75 Å². The van der Waals surface area contributed by atoms with Gasteiger partial charge in [0.25, 0.3) is 0 Å². The number of benzene rings is 1. The van der Waals surface area contributed by atoms with Crippen LogP contribution in [-0.2, 0) is 22.4 Å². The SMILES string of the molecule is COC(=O)CC(CN1CCC(CCc2ccc3c(n2)NCCC3)C1)c1cc(O)cc(-n2nc(C)cc2C)c1. The van der Waals surface area contributed by atoms with Gasteiger partial charge >= 0.3 is 5.97 Å². The third-order valence-corrected chi connectivity index (χ3v) is 7.90. The number of phenolic OH excluding ortho intramolecular Hbond substituents is 1. The van der Waals surface area contributed by atoms with Crippen molar-refractivity contribution >= 4 is 11.8 Å². The summed E-state index contributed by atoms with van der Waals surface area (Å²) in [6.45, 7) is 7.71. The number of ether oxygens (including phenoxy) is 1. The molecule has 1 saturated heterocycles. The monoisotopic (exact) mass is 517 g/mol. The van der Waals surface area contributed by atoms with E-state index in [1.165, 1.54) is 19.1 Å². The molecule has 2 N–H and O–H groups in total. The molecular formula is C30H39N5O3. The van der Waals surface area contributed by atoms with E-state index in [4.69, 9.17) is 9.72 Å². The number of hydrogen-bond acceptors (Lipinski definition) is 7. The van der Waals surface area contributed by atoms with E-state index in [9.17, 15) is 9.90 Å². The third kappa shape index (κ3) is 6.18. The third-order valence-electron chi connectivity index (χ3n) is 7.90. The van der Waals surface area contributed by atoms with Gasteiger partial charge < -0.3 is 20.1 Å². The van der Waals surface area contributed by atoms with Gasteiger partial charge in [0.1, 0.15) is 11.6 Å². The van der Waals surface area contributed by atoms with E-state index < -0.39 is 0 Å². The van der Waals surface area contributed by atoms with Crippen LogP contribution in [0, 0.1) is 19.8 Å². The molecular weight excluding hydrogens is 478 g/mol. The fourth-order valence-electron chi connectivity index (χ4n) is 5.92. The number of anilines is 1. The molecule has 1 fully saturated rings. The summed E-state index contributed by atoms with van der Waals surface area (Å²) >= 11 is 0. The summed E-state index contributed by atoms with van der Waals surface area (Å²) in [5.74, 6) is 1.52. The zero-order valence-corrected chi connectivity index (χ0v) is 22.7. The van der Waals surface area contributed by atoms with Crippen LogP contribution in [0.3, 0.4) is 0 Å². The van der Waals surface area contributed by atoms with Crippen molar-refractivity contribution in [2.45, 2.75) is 58.3 Å². The quantitative estimate of drug-likeness (QED) is 0.402. The van der Waals surface area contributed by atoms with Crippen molar-refractivity contribution in [3.05, 3.63) is 64.6 Å². The standard InChI is InChI=1S/C30H39N5O3/c1-20-13-21(2)35(33-20)27-14-24(15-28(36)17-27)25(16-29(37)38-3)19-34-12-10-22(18-34)6-8-26-9-7-23-5-4-11-31-30(23)32-26/h7,9,13-15,17,22,25,36H,4-6,8,10-12,16,18-19H2,1-3H3,(H,31,32). The number of likely N-dealkylation sites (tertiary alicyclic amines) is 1. The maximum atomic E-state index is 12.4. The molecule has 1 aromatic carbocycles. The Balaban J connectivity index is 1.25. The van der Waals surface area contributed by atoms with Crippen molar-refractivity contribution in [3.63, 3.8) is 0 Å². The Bertz CT molecular complexity index is 1290. The fraction of sp³-hybridized carbons (Fsp3) is 0.500. The van der Waals surface area contributed by atoms with Crippen molar-refractivity contribution in [1.82, 2.24) is 19.7 Å². The number of fused-ring (bicyclic) bond motifs is 1. The Labute approximate surface area is 225 Å². The van der Waals surface area contributed by atoms with Crippen molar-refractivity contribution in [1.29, 1.82) is 0 Å². The van der Waals surface area contributed by atoms with E-state index in [2.05, 4.69) is 27.4 Å². The predicted molar refractivity (Wildman–Crippen MR) is 148 cm³/mol. The van der Waals surface area contributed by atoms with Crippen molar-refractivity contribution in [2.75, 3.05) is 38.6 Å². The van der Waals surface area contributed by atoms with Crippen LogP contribution in [0.1, 0.15) is 59.8 Å². The van der Waals surface area contributed by atoms with Crippen LogP contribution in [0.4, 0.5) is 5.82 Å². The molecule has 0 aliphatic carbocycles. The van der Waals surface area contributed by atoms with Crippen LogP contribution < -0.4 is 5.32 Å². The molecule has 8 heteroatoms. The van der Waals surface area contributed by atoms with Crippen molar-refractivity contribution < 1.29 is 14.6 Å². The number of hydrogen-bond donors (Lipinski definition) is 2. The number of nitrogens with one attached hydrogen (secondary N) is 1. The molecule has 0 bridgehead atoms. The first-order valence-electron chi connectivity index (χ1n) is 13.8. The first-order valence-corrected chi connectivity index (χ1v) is 13.8. The van der Waals surface area contributed by atoms with E-state index in [0.717, 1.165) is 86.0 Å². The number of carbonyl (C=O) groups excluding carboxylic acids is 1. The topological polar surface area (TPSA) is 92.5 Å². The van der Waals surface area contributed by atoms with E-state index in [-0.39, 0.29) is 24.1 Å². The molecule has 0 saturated carbocycles. The van der Waals surface area contributed by atoms with Gasteiger partial charge in [-0.25, -0.2) is 9.67 Å². The molecule has 0 spiro atoms. The summed E-state index contributed by atoms with van der Waals surface area (Å²) in [4.78, 5) is 19.7. The molecule has 0 amide bonds. The minimum absolute atomic E-state index is 0.0857. The molecule has 2 aromatic heterocycles.